The molecule has 0 amide bonds. The number of benzene rings is 2. The number of anilines is 1. The van der Waals surface area contributed by atoms with Crippen LogP contribution in [0.3, 0.4) is 0 Å². The van der Waals surface area contributed by atoms with Crippen LogP contribution in [0.25, 0.3) is 11.3 Å². The first-order valence-electron chi connectivity index (χ1n) is 10.6. The van der Waals surface area contributed by atoms with E-state index in [0.717, 1.165) is 22.6 Å². The topological polar surface area (TPSA) is 66.4 Å². The van der Waals surface area contributed by atoms with E-state index >= 15 is 0 Å². The number of nitrogens with zero attached hydrogens (tertiary/aromatic N) is 4. The third-order valence-corrected chi connectivity index (χ3v) is 8.39. The Labute approximate surface area is 194 Å². The molecule has 8 heteroatoms. The standard InChI is InChI=1S/C24H27ClN4O2S/c1-16-5-6-20(17(2)13-16)22-7-8-24(27-26-22)28-9-11-29(12-10-28)32(30,31)23-15-18(3)21(25)14-19(23)4/h5-8,13-15H,9-12H2,1-4H3. The number of aromatic nitrogens is 2. The van der Waals surface area contributed by atoms with Gasteiger partial charge in [-0.2, -0.15) is 4.31 Å². The average Bonchev–Trinajstić information content (AvgIpc) is 2.76. The van der Waals surface area contributed by atoms with Gasteiger partial charge in [-0.05, 0) is 68.7 Å². The van der Waals surface area contributed by atoms with E-state index in [1.165, 1.54) is 15.4 Å². The van der Waals surface area contributed by atoms with Crippen molar-refractivity contribution in [3.05, 3.63) is 69.7 Å². The van der Waals surface area contributed by atoms with Gasteiger partial charge in [-0.1, -0.05) is 35.4 Å². The second-order valence-corrected chi connectivity index (χ2v) is 10.7. The van der Waals surface area contributed by atoms with E-state index in [1.807, 2.05) is 19.1 Å². The fourth-order valence-corrected chi connectivity index (χ4v) is 6.00. The second-order valence-electron chi connectivity index (χ2n) is 8.35. The molecule has 0 aliphatic carbocycles. The van der Waals surface area contributed by atoms with E-state index in [2.05, 4.69) is 47.1 Å². The fraction of sp³-hybridized carbons (Fsp3) is 0.333. The second kappa shape index (κ2) is 8.81. The summed E-state index contributed by atoms with van der Waals surface area (Å²) in [4.78, 5) is 2.40. The summed E-state index contributed by atoms with van der Waals surface area (Å²) in [6.07, 6.45) is 0. The average molecular weight is 471 g/mol. The van der Waals surface area contributed by atoms with Crippen LogP contribution in [-0.4, -0.2) is 49.1 Å². The molecule has 1 aromatic heterocycles. The maximum absolute atomic E-state index is 13.2. The molecule has 0 bridgehead atoms. The summed E-state index contributed by atoms with van der Waals surface area (Å²) in [6.45, 7) is 9.64. The van der Waals surface area contributed by atoms with Gasteiger partial charge >= 0.3 is 0 Å². The van der Waals surface area contributed by atoms with Crippen molar-refractivity contribution in [1.82, 2.24) is 14.5 Å². The highest BCUT2D eigenvalue weighted by Gasteiger charge is 2.30. The molecule has 1 fully saturated rings. The molecule has 0 N–H and O–H groups in total. The number of aryl methyl sites for hydroxylation is 4. The van der Waals surface area contributed by atoms with Gasteiger partial charge in [-0.25, -0.2) is 8.42 Å². The van der Waals surface area contributed by atoms with Crippen LogP contribution in [0, 0.1) is 27.7 Å². The Kier molecular flexibility index (Phi) is 6.25. The summed E-state index contributed by atoms with van der Waals surface area (Å²) in [6, 6.07) is 13.6. The van der Waals surface area contributed by atoms with Crippen molar-refractivity contribution in [2.24, 2.45) is 0 Å². The van der Waals surface area contributed by atoms with E-state index in [0.29, 0.717) is 41.7 Å². The first-order valence-corrected chi connectivity index (χ1v) is 12.4. The minimum Gasteiger partial charge on any atom is -0.352 e. The Bertz CT molecular complexity index is 1250. The molecule has 0 radical (unpaired) electrons. The van der Waals surface area contributed by atoms with Crippen LogP contribution < -0.4 is 4.90 Å². The van der Waals surface area contributed by atoms with E-state index in [-0.39, 0.29) is 0 Å². The zero-order chi connectivity index (χ0) is 23.0. The summed E-state index contributed by atoms with van der Waals surface area (Å²) in [5, 5.41) is 9.42. The molecule has 4 rings (SSSR count). The Balaban J connectivity index is 1.47. The van der Waals surface area contributed by atoms with Gasteiger partial charge in [-0.15, -0.1) is 10.2 Å². The van der Waals surface area contributed by atoms with E-state index in [1.54, 1.807) is 19.1 Å². The molecule has 6 nitrogen and oxygen atoms in total. The minimum absolute atomic E-state index is 0.325. The monoisotopic (exact) mass is 470 g/mol. The summed E-state index contributed by atoms with van der Waals surface area (Å²) in [7, 11) is -3.58. The van der Waals surface area contributed by atoms with Crippen molar-refractivity contribution in [3.63, 3.8) is 0 Å². The minimum atomic E-state index is -3.58. The van der Waals surface area contributed by atoms with Gasteiger partial charge in [0.25, 0.3) is 0 Å². The molecule has 32 heavy (non-hydrogen) atoms. The molecule has 168 valence electrons. The molecule has 2 aromatic carbocycles. The molecule has 0 spiro atoms. The zero-order valence-electron chi connectivity index (χ0n) is 18.8. The van der Waals surface area contributed by atoms with Crippen molar-refractivity contribution < 1.29 is 8.42 Å². The molecule has 1 saturated heterocycles. The number of hydrogen-bond donors (Lipinski definition) is 0. The largest absolute Gasteiger partial charge is 0.352 e. The smallest absolute Gasteiger partial charge is 0.243 e. The fourth-order valence-electron chi connectivity index (χ4n) is 4.07. The molecule has 2 heterocycles. The first-order chi connectivity index (χ1) is 15.2. The predicted octanol–water partition coefficient (Wildman–Crippen LogP) is 4.54. The SMILES string of the molecule is Cc1ccc(-c2ccc(N3CCN(S(=O)(=O)c4cc(C)c(Cl)cc4C)CC3)nn2)c(C)c1. The Morgan fingerprint density at radius 3 is 2.16 bits per heavy atom. The van der Waals surface area contributed by atoms with E-state index in [4.69, 9.17) is 11.6 Å². The molecule has 1 aliphatic rings. The normalized spacial score (nSPS) is 15.2. The Hall–Kier alpha value is -2.48. The number of hydrogen-bond acceptors (Lipinski definition) is 5. The summed E-state index contributed by atoms with van der Waals surface area (Å²) in [5.74, 6) is 0.758. The Morgan fingerprint density at radius 1 is 0.812 bits per heavy atom. The van der Waals surface area contributed by atoms with Crippen molar-refractivity contribution in [2.45, 2.75) is 32.6 Å². The zero-order valence-corrected chi connectivity index (χ0v) is 20.3. The van der Waals surface area contributed by atoms with E-state index < -0.39 is 10.0 Å². The quantitative estimate of drug-likeness (QED) is 0.560. The third-order valence-electron chi connectivity index (χ3n) is 5.94. The van der Waals surface area contributed by atoms with Gasteiger partial charge in [0.15, 0.2) is 5.82 Å². The third kappa shape index (κ3) is 4.37. The van der Waals surface area contributed by atoms with Crippen LogP contribution in [-0.2, 0) is 10.0 Å². The lowest BCUT2D eigenvalue weighted by Crippen LogP contribution is -2.49. The highest BCUT2D eigenvalue weighted by molar-refractivity contribution is 7.89. The molecule has 0 atom stereocenters. The summed E-state index contributed by atoms with van der Waals surface area (Å²) in [5.41, 5.74) is 5.70. The number of halogens is 1. The van der Waals surface area contributed by atoms with Gasteiger partial charge < -0.3 is 4.90 Å². The van der Waals surface area contributed by atoms with Crippen LogP contribution in [0.5, 0.6) is 0 Å². The van der Waals surface area contributed by atoms with Crippen molar-refractivity contribution in [3.8, 4) is 11.3 Å². The van der Waals surface area contributed by atoms with Gasteiger partial charge in [-0.3, -0.25) is 0 Å². The van der Waals surface area contributed by atoms with Gasteiger partial charge in [0.1, 0.15) is 0 Å². The lowest BCUT2D eigenvalue weighted by atomic mass is 10.0. The maximum atomic E-state index is 13.2. The van der Waals surface area contributed by atoms with Crippen LogP contribution in [0.4, 0.5) is 5.82 Å². The molecule has 3 aromatic rings. The summed E-state index contributed by atoms with van der Waals surface area (Å²) < 4.78 is 28.0. The first kappa shape index (κ1) is 22.7. The number of piperazine rings is 1. The maximum Gasteiger partial charge on any atom is 0.243 e. The summed E-state index contributed by atoms with van der Waals surface area (Å²) >= 11 is 6.15. The predicted molar refractivity (Wildman–Crippen MR) is 129 cm³/mol. The van der Waals surface area contributed by atoms with Crippen molar-refractivity contribution in [2.75, 3.05) is 31.1 Å². The molecule has 1 aliphatic heterocycles. The number of sulfonamides is 1. The molecule has 0 saturated carbocycles. The van der Waals surface area contributed by atoms with Gasteiger partial charge in [0.05, 0.1) is 10.6 Å². The van der Waals surface area contributed by atoms with Gasteiger partial charge in [0, 0.05) is 36.8 Å². The highest BCUT2D eigenvalue weighted by Crippen LogP contribution is 2.28. The Morgan fingerprint density at radius 2 is 1.53 bits per heavy atom. The van der Waals surface area contributed by atoms with Crippen molar-refractivity contribution in [1.29, 1.82) is 0 Å². The molecule has 0 unspecified atom stereocenters. The van der Waals surface area contributed by atoms with Crippen LogP contribution >= 0.6 is 11.6 Å². The van der Waals surface area contributed by atoms with Crippen molar-refractivity contribution >= 4 is 27.4 Å². The van der Waals surface area contributed by atoms with Gasteiger partial charge in [0.2, 0.25) is 10.0 Å². The molecular formula is C24H27ClN4O2S. The molecular weight excluding hydrogens is 444 g/mol. The lowest BCUT2D eigenvalue weighted by molar-refractivity contribution is 0.383. The van der Waals surface area contributed by atoms with Crippen LogP contribution in [0.2, 0.25) is 5.02 Å². The van der Waals surface area contributed by atoms with E-state index in [9.17, 15) is 8.42 Å². The van der Waals surface area contributed by atoms with Crippen LogP contribution in [0.15, 0.2) is 47.4 Å². The van der Waals surface area contributed by atoms with Crippen LogP contribution in [0.1, 0.15) is 22.3 Å². The highest BCUT2D eigenvalue weighted by atomic mass is 35.5. The number of rotatable bonds is 4. The lowest BCUT2D eigenvalue weighted by Gasteiger charge is -2.34.